The minimum Gasteiger partial charge on any atom is -0.303 e. The molecule has 0 spiro atoms. The van der Waals surface area contributed by atoms with Crippen LogP contribution in [0.1, 0.15) is 48.8 Å². The standard InChI is InChI=1S/C19H30N6/c1-16-12-19(22(2)21-16)15-24-13-17-6-8-20-25(17)18(14-24)7-11-23-9-4-3-5-10-23/h6,8,12,18H,3-5,7,9-11,13-15H2,1-2H3. The van der Waals surface area contributed by atoms with Gasteiger partial charge in [-0.05, 0) is 51.4 Å². The van der Waals surface area contributed by atoms with Gasteiger partial charge in [-0.3, -0.25) is 14.3 Å². The zero-order chi connectivity index (χ0) is 17.2. The van der Waals surface area contributed by atoms with Crippen LogP contribution in [0.25, 0.3) is 0 Å². The van der Waals surface area contributed by atoms with Crippen molar-refractivity contribution in [1.29, 1.82) is 0 Å². The van der Waals surface area contributed by atoms with E-state index in [4.69, 9.17) is 0 Å². The highest BCUT2D eigenvalue weighted by atomic mass is 15.4. The molecule has 0 amide bonds. The second kappa shape index (κ2) is 7.30. The molecule has 4 heterocycles. The molecule has 1 saturated heterocycles. The summed E-state index contributed by atoms with van der Waals surface area (Å²) in [4.78, 5) is 5.18. The number of nitrogens with zero attached hydrogens (tertiary/aromatic N) is 6. The molecule has 2 aliphatic heterocycles. The highest BCUT2D eigenvalue weighted by molar-refractivity contribution is 5.10. The fraction of sp³-hybridized carbons (Fsp3) is 0.684. The Hall–Kier alpha value is -1.66. The van der Waals surface area contributed by atoms with Crippen molar-refractivity contribution in [2.75, 3.05) is 26.2 Å². The molecule has 1 unspecified atom stereocenters. The number of likely N-dealkylation sites (tertiary alicyclic amines) is 1. The minimum absolute atomic E-state index is 0.481. The molecule has 2 aromatic rings. The van der Waals surface area contributed by atoms with Gasteiger partial charge in [-0.25, -0.2) is 0 Å². The molecule has 0 aromatic carbocycles. The number of rotatable bonds is 5. The van der Waals surface area contributed by atoms with Crippen molar-refractivity contribution in [1.82, 2.24) is 29.4 Å². The van der Waals surface area contributed by atoms with Crippen molar-refractivity contribution >= 4 is 0 Å². The smallest absolute Gasteiger partial charge is 0.0662 e. The second-order valence-electron chi connectivity index (χ2n) is 7.68. The third-order valence-electron chi connectivity index (χ3n) is 5.66. The molecule has 0 aliphatic carbocycles. The van der Waals surface area contributed by atoms with Gasteiger partial charge in [0, 0.05) is 39.4 Å². The molecule has 0 saturated carbocycles. The van der Waals surface area contributed by atoms with Gasteiger partial charge in [0.25, 0.3) is 0 Å². The number of piperidine rings is 1. The van der Waals surface area contributed by atoms with Gasteiger partial charge in [0.05, 0.1) is 23.1 Å². The van der Waals surface area contributed by atoms with E-state index >= 15 is 0 Å². The van der Waals surface area contributed by atoms with Gasteiger partial charge in [-0.2, -0.15) is 10.2 Å². The Kier molecular flexibility index (Phi) is 4.90. The lowest BCUT2D eigenvalue weighted by atomic mass is 10.1. The third-order valence-corrected chi connectivity index (χ3v) is 5.66. The average molecular weight is 342 g/mol. The van der Waals surface area contributed by atoms with Gasteiger partial charge in [0.15, 0.2) is 0 Å². The average Bonchev–Trinajstić information content (AvgIpc) is 3.20. The second-order valence-corrected chi connectivity index (χ2v) is 7.68. The summed E-state index contributed by atoms with van der Waals surface area (Å²) >= 11 is 0. The highest BCUT2D eigenvalue weighted by Gasteiger charge is 2.26. The van der Waals surface area contributed by atoms with E-state index < -0.39 is 0 Å². The summed E-state index contributed by atoms with van der Waals surface area (Å²) in [6, 6.07) is 4.86. The molecule has 2 aliphatic rings. The summed E-state index contributed by atoms with van der Waals surface area (Å²) in [5, 5.41) is 9.11. The molecule has 1 fully saturated rings. The molecule has 6 nitrogen and oxygen atoms in total. The predicted octanol–water partition coefficient (Wildman–Crippen LogP) is 2.36. The first-order valence-electron chi connectivity index (χ1n) is 9.65. The fourth-order valence-electron chi connectivity index (χ4n) is 4.35. The molecule has 0 radical (unpaired) electrons. The lowest BCUT2D eigenvalue weighted by Gasteiger charge is -2.35. The molecule has 2 aromatic heterocycles. The van der Waals surface area contributed by atoms with Gasteiger partial charge >= 0.3 is 0 Å². The molecule has 1 atom stereocenters. The lowest BCUT2D eigenvalue weighted by Crippen LogP contribution is -2.40. The van der Waals surface area contributed by atoms with Crippen LogP contribution in [0, 0.1) is 6.92 Å². The maximum Gasteiger partial charge on any atom is 0.0662 e. The Balaban J connectivity index is 1.42. The zero-order valence-corrected chi connectivity index (χ0v) is 15.6. The Morgan fingerprint density at radius 2 is 2.00 bits per heavy atom. The first kappa shape index (κ1) is 16.8. The van der Waals surface area contributed by atoms with Gasteiger partial charge in [-0.1, -0.05) is 6.42 Å². The van der Waals surface area contributed by atoms with Crippen LogP contribution in [0.15, 0.2) is 18.3 Å². The van der Waals surface area contributed by atoms with Crippen LogP contribution in [0.4, 0.5) is 0 Å². The van der Waals surface area contributed by atoms with Crippen LogP contribution < -0.4 is 0 Å². The minimum atomic E-state index is 0.481. The number of aromatic nitrogens is 4. The van der Waals surface area contributed by atoms with E-state index in [0.717, 1.165) is 25.3 Å². The number of hydrogen-bond acceptors (Lipinski definition) is 4. The number of fused-ring (bicyclic) bond motifs is 1. The summed E-state index contributed by atoms with van der Waals surface area (Å²) in [7, 11) is 2.05. The van der Waals surface area contributed by atoms with Crippen molar-refractivity contribution in [2.24, 2.45) is 7.05 Å². The molecule has 25 heavy (non-hydrogen) atoms. The Bertz CT molecular complexity index is 697. The first-order chi connectivity index (χ1) is 12.2. The van der Waals surface area contributed by atoms with Gasteiger partial charge in [0.1, 0.15) is 0 Å². The molecular weight excluding hydrogens is 312 g/mol. The molecule has 4 rings (SSSR count). The summed E-state index contributed by atoms with van der Waals surface area (Å²) in [6.07, 6.45) is 7.28. The van der Waals surface area contributed by atoms with Crippen LogP contribution in [-0.2, 0) is 20.1 Å². The van der Waals surface area contributed by atoms with Crippen LogP contribution in [0.2, 0.25) is 0 Å². The molecule has 136 valence electrons. The van der Waals surface area contributed by atoms with Gasteiger partial charge in [-0.15, -0.1) is 0 Å². The number of aryl methyl sites for hydroxylation is 2. The monoisotopic (exact) mass is 342 g/mol. The summed E-state index contributed by atoms with van der Waals surface area (Å²) in [5.74, 6) is 0. The predicted molar refractivity (Wildman–Crippen MR) is 98.2 cm³/mol. The van der Waals surface area contributed by atoms with Crippen molar-refractivity contribution in [3.8, 4) is 0 Å². The van der Waals surface area contributed by atoms with E-state index in [9.17, 15) is 0 Å². The topological polar surface area (TPSA) is 42.1 Å². The van der Waals surface area contributed by atoms with E-state index in [2.05, 4.69) is 43.7 Å². The fourth-order valence-corrected chi connectivity index (χ4v) is 4.35. The van der Waals surface area contributed by atoms with Gasteiger partial charge in [0.2, 0.25) is 0 Å². The van der Waals surface area contributed by atoms with Crippen molar-refractivity contribution in [2.45, 2.75) is 51.7 Å². The van der Waals surface area contributed by atoms with E-state index in [1.807, 2.05) is 17.9 Å². The van der Waals surface area contributed by atoms with Crippen molar-refractivity contribution < 1.29 is 0 Å². The highest BCUT2D eigenvalue weighted by Crippen LogP contribution is 2.25. The maximum atomic E-state index is 4.62. The Labute approximate surface area is 150 Å². The zero-order valence-electron chi connectivity index (χ0n) is 15.6. The Morgan fingerprint density at radius 3 is 2.76 bits per heavy atom. The largest absolute Gasteiger partial charge is 0.303 e. The van der Waals surface area contributed by atoms with Crippen LogP contribution >= 0.6 is 0 Å². The van der Waals surface area contributed by atoms with Crippen LogP contribution in [0.5, 0.6) is 0 Å². The SMILES string of the molecule is Cc1cc(CN2Cc3ccnn3C(CCN3CCCCC3)C2)n(C)n1. The van der Waals surface area contributed by atoms with Crippen molar-refractivity contribution in [3.63, 3.8) is 0 Å². The Morgan fingerprint density at radius 1 is 1.16 bits per heavy atom. The summed E-state index contributed by atoms with van der Waals surface area (Å²) in [6.45, 7) is 8.83. The molecule has 0 N–H and O–H groups in total. The summed E-state index contributed by atoms with van der Waals surface area (Å²) < 4.78 is 4.29. The maximum absolute atomic E-state index is 4.62. The van der Waals surface area contributed by atoms with E-state index in [-0.39, 0.29) is 0 Å². The summed E-state index contributed by atoms with van der Waals surface area (Å²) in [5.41, 5.74) is 3.73. The van der Waals surface area contributed by atoms with Crippen molar-refractivity contribution in [3.05, 3.63) is 35.4 Å². The number of hydrogen-bond donors (Lipinski definition) is 0. The normalized spacial score (nSPS) is 22.2. The quantitative estimate of drug-likeness (QED) is 0.836. The molecule has 6 heteroatoms. The van der Waals surface area contributed by atoms with Crippen LogP contribution in [0.3, 0.4) is 0 Å². The van der Waals surface area contributed by atoms with Crippen LogP contribution in [-0.4, -0.2) is 55.5 Å². The van der Waals surface area contributed by atoms with E-state index in [1.54, 1.807) is 0 Å². The molecular formula is C19H30N6. The molecule has 0 bridgehead atoms. The lowest BCUT2D eigenvalue weighted by molar-refractivity contribution is 0.140. The third kappa shape index (κ3) is 3.80. The first-order valence-corrected chi connectivity index (χ1v) is 9.65. The van der Waals surface area contributed by atoms with E-state index in [1.165, 1.54) is 56.7 Å². The van der Waals surface area contributed by atoms with E-state index in [0.29, 0.717) is 6.04 Å². The van der Waals surface area contributed by atoms with Gasteiger partial charge < -0.3 is 4.90 Å².